The van der Waals surface area contributed by atoms with Crippen LogP contribution in [0.25, 0.3) is 0 Å². The van der Waals surface area contributed by atoms with E-state index < -0.39 is 19.5 Å². The van der Waals surface area contributed by atoms with Crippen LogP contribution in [-0.2, 0) is 14.8 Å². The number of hydrogen-bond donors (Lipinski definition) is 0. The van der Waals surface area contributed by atoms with Gasteiger partial charge in [0, 0.05) is 0 Å². The van der Waals surface area contributed by atoms with Crippen LogP contribution in [0.3, 0.4) is 0 Å². The van der Waals surface area contributed by atoms with Gasteiger partial charge in [-0.05, 0) is 12.1 Å². The molecule has 15 heavy (non-hydrogen) atoms. The van der Waals surface area contributed by atoms with E-state index in [1.807, 2.05) is 0 Å². The van der Waals surface area contributed by atoms with Crippen LogP contribution in [-0.4, -0.2) is 24.3 Å². The summed E-state index contributed by atoms with van der Waals surface area (Å²) in [7, 11) is -4.38. The Hall–Kier alpha value is -1.96. The molecule has 0 heterocycles. The zero-order valence-electron chi connectivity index (χ0n) is 7.31. The molecule has 0 bridgehead atoms. The Balaban J connectivity index is 3.24. The molecule has 0 aliphatic rings. The Morgan fingerprint density at radius 2 is 1.80 bits per heavy atom. The van der Waals surface area contributed by atoms with E-state index in [9.17, 15) is 23.3 Å². The average molecular weight is 230 g/mol. The molecule has 0 atom stereocenters. The first-order valence-electron chi connectivity index (χ1n) is 3.69. The predicted molar refractivity (Wildman–Crippen MR) is 48.5 cm³/mol. The number of benzene rings is 1. The molecule has 0 unspecified atom stereocenters. The number of carbonyl (C=O) groups excluding carboxylic acids is 1. The maximum Gasteiger partial charge on any atom is 0.321 e. The monoisotopic (exact) mass is 230 g/mol. The highest BCUT2D eigenvalue weighted by Gasteiger charge is 2.32. The summed E-state index contributed by atoms with van der Waals surface area (Å²) in [6.07, 6.45) is -0.359. The molecular weight excluding hydrogens is 224 g/mol. The van der Waals surface area contributed by atoms with Crippen molar-refractivity contribution in [1.29, 1.82) is 0 Å². The molecule has 1 aromatic rings. The summed E-state index contributed by atoms with van der Waals surface area (Å²) in [6.45, 7) is 0. The summed E-state index contributed by atoms with van der Waals surface area (Å²) in [5, 5.41) is 8.98. The largest absolute Gasteiger partial charge is 0.321 e. The molecule has 0 aliphatic heterocycles. The smallest absolute Gasteiger partial charge is 0.271 e. The lowest BCUT2D eigenvalue weighted by Crippen LogP contribution is -2.34. The zero-order chi connectivity index (χ0) is 11.5. The molecule has 7 nitrogen and oxygen atoms in total. The molecule has 1 rings (SSSR count). The van der Waals surface area contributed by atoms with Gasteiger partial charge in [-0.1, -0.05) is 18.2 Å². The lowest BCUT2D eigenvalue weighted by molar-refractivity contribution is -0.598. The van der Waals surface area contributed by atoms with E-state index in [-0.39, 0.29) is 11.3 Å². The van der Waals surface area contributed by atoms with Crippen LogP contribution in [0.1, 0.15) is 0 Å². The molecular formula is C7H6N2O5S. The highest BCUT2D eigenvalue weighted by atomic mass is 32.2. The molecule has 0 aromatic heterocycles. The molecule has 0 spiro atoms. The van der Waals surface area contributed by atoms with Crippen LogP contribution >= 0.6 is 0 Å². The minimum absolute atomic E-state index is 0.311. The van der Waals surface area contributed by atoms with Crippen LogP contribution in [0.15, 0.2) is 35.2 Å². The summed E-state index contributed by atoms with van der Waals surface area (Å²) < 4.78 is 22.4. The van der Waals surface area contributed by atoms with Crippen molar-refractivity contribution in [2.24, 2.45) is 0 Å². The molecule has 0 radical (unpaired) electrons. The van der Waals surface area contributed by atoms with E-state index in [4.69, 9.17) is 0 Å². The van der Waals surface area contributed by atoms with Crippen molar-refractivity contribution in [3.63, 3.8) is 0 Å². The molecule has 8 heteroatoms. The maximum absolute atomic E-state index is 11.5. The molecule has 1 amide bonds. The first-order valence-corrected chi connectivity index (χ1v) is 5.13. The number of sulfonamides is 1. The van der Waals surface area contributed by atoms with Crippen molar-refractivity contribution >= 4 is 16.4 Å². The molecule has 0 saturated carbocycles. The summed E-state index contributed by atoms with van der Waals surface area (Å²) in [5.41, 5.74) is 0. The first-order chi connectivity index (χ1) is 7.00. The number of hydrogen-bond acceptors (Lipinski definition) is 5. The quantitative estimate of drug-likeness (QED) is 0.412. The van der Waals surface area contributed by atoms with Gasteiger partial charge in [0.1, 0.15) is 0 Å². The standard InChI is InChI=1S/C7H6N2O5S/c10-6-8(9(11)12)15(13,14)7-4-2-1-3-5-7/h1-6H. The Labute approximate surface area is 85.1 Å². The van der Waals surface area contributed by atoms with Crippen molar-refractivity contribution in [2.45, 2.75) is 4.90 Å². The van der Waals surface area contributed by atoms with Crippen LogP contribution in [0.5, 0.6) is 0 Å². The predicted octanol–water partition coefficient (Wildman–Crippen LogP) is 0.0254. The third kappa shape index (κ3) is 2.10. The van der Waals surface area contributed by atoms with E-state index in [0.717, 1.165) is 12.1 Å². The van der Waals surface area contributed by atoms with Gasteiger partial charge in [0.25, 0.3) is 6.41 Å². The van der Waals surface area contributed by atoms with E-state index in [1.54, 1.807) is 6.07 Å². The summed E-state index contributed by atoms with van der Waals surface area (Å²) in [6, 6.07) is 6.67. The van der Waals surface area contributed by atoms with Gasteiger partial charge < -0.3 is 0 Å². The summed E-state index contributed by atoms with van der Waals surface area (Å²) >= 11 is 0. The lowest BCUT2D eigenvalue weighted by Gasteiger charge is -2.06. The lowest BCUT2D eigenvalue weighted by atomic mass is 10.4. The first kappa shape index (κ1) is 11.1. The fourth-order valence-electron chi connectivity index (χ4n) is 0.883. The Morgan fingerprint density at radius 3 is 2.20 bits per heavy atom. The number of amides is 1. The average Bonchev–Trinajstić information content (AvgIpc) is 2.19. The topological polar surface area (TPSA) is 97.6 Å². The van der Waals surface area contributed by atoms with Crippen LogP contribution < -0.4 is 0 Å². The number of hydrazine groups is 1. The Morgan fingerprint density at radius 1 is 1.27 bits per heavy atom. The minimum atomic E-state index is -4.38. The maximum atomic E-state index is 11.5. The van der Waals surface area contributed by atoms with Crippen molar-refractivity contribution in [3.05, 3.63) is 40.4 Å². The van der Waals surface area contributed by atoms with Gasteiger partial charge in [0.15, 0.2) is 5.03 Å². The van der Waals surface area contributed by atoms with Gasteiger partial charge >= 0.3 is 10.0 Å². The fraction of sp³-hybridized carbons (Fsp3) is 0. The van der Waals surface area contributed by atoms with E-state index in [0.29, 0.717) is 0 Å². The molecule has 1 aromatic carbocycles. The third-order valence-corrected chi connectivity index (χ3v) is 3.12. The Kier molecular flexibility index (Phi) is 3.00. The number of nitrogens with zero attached hydrogens (tertiary/aromatic N) is 2. The second-order valence-corrected chi connectivity index (χ2v) is 4.23. The third-order valence-electron chi connectivity index (χ3n) is 1.54. The molecule has 0 aliphatic carbocycles. The second-order valence-electron chi connectivity index (χ2n) is 2.43. The van der Waals surface area contributed by atoms with Crippen LogP contribution in [0.4, 0.5) is 0 Å². The molecule has 0 N–H and O–H groups in total. The fourth-order valence-corrected chi connectivity index (χ4v) is 1.89. The van der Waals surface area contributed by atoms with Crippen molar-refractivity contribution in [2.75, 3.05) is 0 Å². The van der Waals surface area contributed by atoms with Gasteiger partial charge in [-0.25, -0.2) is 10.1 Å². The van der Waals surface area contributed by atoms with E-state index in [2.05, 4.69) is 0 Å². The number of rotatable bonds is 4. The normalized spacial score (nSPS) is 10.7. The zero-order valence-corrected chi connectivity index (χ0v) is 8.12. The van der Waals surface area contributed by atoms with Crippen molar-refractivity contribution < 1.29 is 18.2 Å². The summed E-state index contributed by atoms with van der Waals surface area (Å²) in [5.74, 6) is 0. The van der Waals surface area contributed by atoms with Gasteiger partial charge in [0.05, 0.1) is 9.31 Å². The molecule has 80 valence electrons. The van der Waals surface area contributed by atoms with E-state index in [1.165, 1.54) is 12.1 Å². The second kappa shape index (κ2) is 4.05. The highest BCUT2D eigenvalue weighted by molar-refractivity contribution is 7.89. The summed E-state index contributed by atoms with van der Waals surface area (Å²) in [4.78, 5) is 20.2. The van der Waals surface area contributed by atoms with Crippen LogP contribution in [0, 0.1) is 10.1 Å². The van der Waals surface area contributed by atoms with Crippen molar-refractivity contribution in [3.8, 4) is 0 Å². The van der Waals surface area contributed by atoms with Gasteiger partial charge in [-0.2, -0.15) is 8.42 Å². The van der Waals surface area contributed by atoms with Crippen molar-refractivity contribution in [1.82, 2.24) is 4.41 Å². The highest BCUT2D eigenvalue weighted by Crippen LogP contribution is 2.13. The van der Waals surface area contributed by atoms with E-state index >= 15 is 0 Å². The Bertz CT molecular complexity index is 469. The SMILES string of the molecule is O=CN([N+](=O)[O-])S(=O)(=O)c1ccccc1. The minimum Gasteiger partial charge on any atom is -0.271 e. The molecule has 0 saturated heterocycles. The number of carbonyl (C=O) groups is 1. The van der Waals surface area contributed by atoms with Gasteiger partial charge in [-0.3, -0.25) is 4.79 Å². The van der Waals surface area contributed by atoms with Crippen LogP contribution in [0.2, 0.25) is 0 Å². The van der Waals surface area contributed by atoms with Gasteiger partial charge in [0.2, 0.25) is 0 Å². The molecule has 0 fully saturated rings. The number of nitro groups is 1. The van der Waals surface area contributed by atoms with Gasteiger partial charge in [-0.15, -0.1) is 0 Å².